The third-order valence-electron chi connectivity index (χ3n) is 6.12. The van der Waals surface area contributed by atoms with Crippen molar-refractivity contribution in [2.24, 2.45) is 0 Å². The van der Waals surface area contributed by atoms with Crippen LogP contribution >= 0.6 is 0 Å². The first-order valence-corrected chi connectivity index (χ1v) is 14.2. The van der Waals surface area contributed by atoms with Crippen molar-refractivity contribution in [3.63, 3.8) is 0 Å². The molecule has 32 heavy (non-hydrogen) atoms. The summed E-state index contributed by atoms with van der Waals surface area (Å²) >= 11 is -2.28. The van der Waals surface area contributed by atoms with Gasteiger partial charge in [-0.1, -0.05) is 0 Å². The van der Waals surface area contributed by atoms with Gasteiger partial charge >= 0.3 is 196 Å². The molecular weight excluding hydrogens is 445 g/mol. The molecule has 0 aliphatic heterocycles. The summed E-state index contributed by atoms with van der Waals surface area (Å²) in [6.07, 6.45) is 0. The van der Waals surface area contributed by atoms with Gasteiger partial charge in [0.25, 0.3) is 0 Å². The van der Waals surface area contributed by atoms with Crippen molar-refractivity contribution >= 4 is 23.1 Å². The van der Waals surface area contributed by atoms with Crippen molar-refractivity contribution in [3.05, 3.63) is 168 Å². The van der Waals surface area contributed by atoms with E-state index in [9.17, 15) is 0 Å². The van der Waals surface area contributed by atoms with E-state index >= 15 is 0 Å². The maximum absolute atomic E-state index is 2.34. The predicted molar refractivity (Wildman–Crippen MR) is 137 cm³/mol. The molecule has 0 fully saturated rings. The summed E-state index contributed by atoms with van der Waals surface area (Å²) in [6, 6.07) is 55.7. The molecule has 1 radical (unpaired) electrons. The molecule has 0 unspecified atom stereocenters. The molecular formula is C31H25Ge. The summed E-state index contributed by atoms with van der Waals surface area (Å²) in [7, 11) is 0. The summed E-state index contributed by atoms with van der Waals surface area (Å²) in [6.45, 7) is 0. The van der Waals surface area contributed by atoms with Crippen LogP contribution in [0.3, 0.4) is 0 Å². The molecule has 0 heterocycles. The van der Waals surface area contributed by atoms with Gasteiger partial charge in [0.2, 0.25) is 0 Å². The molecule has 0 aliphatic carbocycles. The number of hydrogen-bond acceptors (Lipinski definition) is 0. The first-order valence-electron chi connectivity index (χ1n) is 11.1. The summed E-state index contributed by atoms with van der Waals surface area (Å²) in [5, 5.41) is 0. The number of benzene rings is 5. The third kappa shape index (κ3) is 3.72. The van der Waals surface area contributed by atoms with Crippen molar-refractivity contribution in [2.75, 3.05) is 0 Å². The fourth-order valence-corrected chi connectivity index (χ4v) is 12.4. The van der Waals surface area contributed by atoms with Crippen molar-refractivity contribution in [1.82, 2.24) is 0 Å². The van der Waals surface area contributed by atoms with Gasteiger partial charge < -0.3 is 0 Å². The second kappa shape index (κ2) is 9.42. The third-order valence-corrected chi connectivity index (χ3v) is 13.3. The molecule has 0 nitrogen and oxygen atoms in total. The van der Waals surface area contributed by atoms with E-state index in [2.05, 4.69) is 152 Å². The van der Waals surface area contributed by atoms with Gasteiger partial charge in [0, 0.05) is 0 Å². The Morgan fingerprint density at radius 3 is 0.844 bits per heavy atom. The van der Waals surface area contributed by atoms with Gasteiger partial charge in [-0.15, -0.1) is 0 Å². The Hall–Kier alpha value is -3.36. The van der Waals surface area contributed by atoms with Gasteiger partial charge in [-0.2, -0.15) is 0 Å². The van der Waals surface area contributed by atoms with E-state index < -0.39 is 14.3 Å². The van der Waals surface area contributed by atoms with E-state index in [0.29, 0.717) is 0 Å². The monoisotopic (exact) mass is 471 g/mol. The maximum atomic E-state index is 2.34. The van der Waals surface area contributed by atoms with E-state index in [-0.39, 0.29) is 4.25 Å². The van der Waals surface area contributed by atoms with Crippen molar-refractivity contribution in [1.29, 1.82) is 0 Å². The standard InChI is InChI=1S/C31H25Ge/c1-6-16-26(17-7-1)31(27-18-8-2-9-19-27,28-20-10-3-11-21-28)32(29-22-12-4-13-23-29)30-24-14-5-15-25-30/h1-25H. The fraction of sp³-hybridized carbons (Fsp3) is 0.0323. The molecule has 1 heteroatoms. The molecule has 0 saturated heterocycles. The quantitative estimate of drug-likeness (QED) is 0.215. The molecule has 0 bridgehead atoms. The molecule has 0 aliphatic rings. The van der Waals surface area contributed by atoms with Crippen LogP contribution in [0.1, 0.15) is 16.7 Å². The molecule has 5 aromatic carbocycles. The molecule has 0 saturated carbocycles. The van der Waals surface area contributed by atoms with Crippen LogP contribution in [0.15, 0.2) is 152 Å². The SMILES string of the molecule is c1cc[c]([Ge]([c]2ccccc2)[C](c2ccccc2)(c2ccccc2)c2ccccc2)cc1. The van der Waals surface area contributed by atoms with E-state index in [0.717, 1.165) is 0 Å². The van der Waals surface area contributed by atoms with Crippen LogP contribution in [0.2, 0.25) is 0 Å². The summed E-state index contributed by atoms with van der Waals surface area (Å²) in [4.78, 5) is 0. The minimum absolute atomic E-state index is 0.230. The summed E-state index contributed by atoms with van der Waals surface area (Å²) in [5.41, 5.74) is 4.08. The first-order chi connectivity index (χ1) is 15.9. The molecule has 0 N–H and O–H groups in total. The second-order valence-corrected chi connectivity index (χ2v) is 13.5. The zero-order chi connectivity index (χ0) is 21.6. The Morgan fingerprint density at radius 1 is 0.312 bits per heavy atom. The Labute approximate surface area is 195 Å². The Balaban J connectivity index is 1.94. The average Bonchev–Trinajstić information content (AvgIpc) is 2.90. The molecule has 153 valence electrons. The first kappa shape index (κ1) is 20.5. The van der Waals surface area contributed by atoms with Crippen molar-refractivity contribution in [3.8, 4) is 0 Å². The minimum atomic E-state index is -2.28. The van der Waals surface area contributed by atoms with Crippen LogP contribution in [0.25, 0.3) is 0 Å². The zero-order valence-corrected chi connectivity index (χ0v) is 20.0. The van der Waals surface area contributed by atoms with Gasteiger partial charge in [0.15, 0.2) is 0 Å². The van der Waals surface area contributed by atoms with Gasteiger partial charge in [-0.25, -0.2) is 0 Å². The molecule has 0 aromatic heterocycles. The summed E-state index contributed by atoms with van der Waals surface area (Å²) in [5.74, 6) is 0. The van der Waals surface area contributed by atoms with Crippen molar-refractivity contribution < 1.29 is 0 Å². The normalized spacial score (nSPS) is 11.4. The van der Waals surface area contributed by atoms with Crippen LogP contribution in [0.4, 0.5) is 0 Å². The molecule has 0 amide bonds. The number of rotatable bonds is 6. The van der Waals surface area contributed by atoms with E-state index in [1.807, 2.05) is 0 Å². The Kier molecular flexibility index (Phi) is 6.05. The molecule has 0 spiro atoms. The van der Waals surface area contributed by atoms with Gasteiger partial charge in [-0.05, 0) is 0 Å². The number of hydrogen-bond donors (Lipinski definition) is 0. The van der Waals surface area contributed by atoms with Gasteiger partial charge in [-0.3, -0.25) is 0 Å². The van der Waals surface area contributed by atoms with Gasteiger partial charge in [0.05, 0.1) is 0 Å². The van der Waals surface area contributed by atoms with Crippen LogP contribution in [0, 0.1) is 0 Å². The summed E-state index contributed by atoms with van der Waals surface area (Å²) < 4.78 is 2.71. The fourth-order valence-electron chi connectivity index (χ4n) is 4.81. The topological polar surface area (TPSA) is 0 Å². The zero-order valence-electron chi connectivity index (χ0n) is 17.9. The Bertz CT molecular complexity index is 1100. The van der Waals surface area contributed by atoms with E-state index in [1.165, 1.54) is 25.5 Å². The van der Waals surface area contributed by atoms with E-state index in [4.69, 9.17) is 0 Å². The van der Waals surface area contributed by atoms with Crippen LogP contribution in [-0.4, -0.2) is 14.3 Å². The van der Waals surface area contributed by atoms with Gasteiger partial charge in [0.1, 0.15) is 0 Å². The Morgan fingerprint density at radius 2 is 0.562 bits per heavy atom. The van der Waals surface area contributed by atoms with Crippen LogP contribution < -0.4 is 8.79 Å². The van der Waals surface area contributed by atoms with Crippen molar-refractivity contribution in [2.45, 2.75) is 4.25 Å². The van der Waals surface area contributed by atoms with E-state index in [1.54, 1.807) is 0 Å². The molecule has 5 aromatic rings. The van der Waals surface area contributed by atoms with Crippen LogP contribution in [-0.2, 0) is 4.25 Å². The predicted octanol–water partition coefficient (Wildman–Crippen LogP) is 5.87. The second-order valence-electron chi connectivity index (χ2n) is 7.96. The average molecular weight is 470 g/mol. The van der Waals surface area contributed by atoms with Crippen LogP contribution in [0.5, 0.6) is 0 Å². The molecule has 5 rings (SSSR count). The molecule has 0 atom stereocenters.